The standard InChI is InChI=1S/C43H74O12S/c1-3-5-7-9-11-13-15-17-18-20-21-23-25-27-29-31-38(44)52-33-36(34-53-43-42(48)41(47)40(46)37(55-43)35-56(49,50)51)54-39(45)32-30-28-26-24-22-19-16-14-12-10-8-6-4-2/h11,13,17-19,21-23,36-37,40-43,46-48H,3-10,12,14-16,20,24-35H2,1-2H3,(H,49,50,51)/b13-11+,18-17+,22-19+,23-21+/t36-,37-,40-,41?,42?,43+/m1/s1. The summed E-state index contributed by atoms with van der Waals surface area (Å²) in [7, 11) is -4.61. The molecule has 0 aromatic heterocycles. The average molecular weight is 815 g/mol. The van der Waals surface area contributed by atoms with Crippen molar-refractivity contribution in [3.05, 3.63) is 48.6 Å². The van der Waals surface area contributed by atoms with E-state index >= 15 is 0 Å². The van der Waals surface area contributed by atoms with Gasteiger partial charge in [0.05, 0.1) is 6.61 Å². The van der Waals surface area contributed by atoms with Gasteiger partial charge in [-0.15, -0.1) is 0 Å². The van der Waals surface area contributed by atoms with Crippen molar-refractivity contribution >= 4 is 22.1 Å². The van der Waals surface area contributed by atoms with E-state index in [1.165, 1.54) is 57.8 Å². The summed E-state index contributed by atoms with van der Waals surface area (Å²) in [6.45, 7) is 3.65. The average Bonchev–Trinajstić information content (AvgIpc) is 3.16. The van der Waals surface area contributed by atoms with Crippen LogP contribution in [0.5, 0.6) is 0 Å². The highest BCUT2D eigenvalue weighted by molar-refractivity contribution is 7.85. The molecule has 0 radical (unpaired) electrons. The lowest BCUT2D eigenvalue weighted by molar-refractivity contribution is -0.297. The highest BCUT2D eigenvalue weighted by atomic mass is 32.2. The molecule has 0 saturated carbocycles. The fourth-order valence-electron chi connectivity index (χ4n) is 6.03. The zero-order chi connectivity index (χ0) is 41.3. The minimum Gasteiger partial charge on any atom is -0.462 e. The summed E-state index contributed by atoms with van der Waals surface area (Å²) in [5.74, 6) is -2.06. The van der Waals surface area contributed by atoms with Gasteiger partial charge in [0.2, 0.25) is 0 Å². The maximum absolute atomic E-state index is 12.8. The zero-order valence-corrected chi connectivity index (χ0v) is 35.0. The number of hydrogen-bond donors (Lipinski definition) is 4. The zero-order valence-electron chi connectivity index (χ0n) is 34.2. The van der Waals surface area contributed by atoms with Crippen molar-refractivity contribution in [2.75, 3.05) is 19.0 Å². The van der Waals surface area contributed by atoms with Gasteiger partial charge in [-0.05, 0) is 77.0 Å². The van der Waals surface area contributed by atoms with Crippen molar-refractivity contribution in [3.63, 3.8) is 0 Å². The minimum atomic E-state index is -4.61. The van der Waals surface area contributed by atoms with Crippen LogP contribution >= 0.6 is 0 Å². The molecule has 1 heterocycles. The van der Waals surface area contributed by atoms with Gasteiger partial charge in [-0.3, -0.25) is 14.1 Å². The van der Waals surface area contributed by atoms with E-state index in [4.69, 9.17) is 18.9 Å². The Bertz CT molecular complexity index is 1230. The summed E-state index contributed by atoms with van der Waals surface area (Å²) < 4.78 is 53.9. The molecule has 4 N–H and O–H groups in total. The first-order chi connectivity index (χ1) is 27.0. The van der Waals surface area contributed by atoms with Crippen LogP contribution in [0.4, 0.5) is 0 Å². The molecule has 56 heavy (non-hydrogen) atoms. The van der Waals surface area contributed by atoms with Crippen LogP contribution < -0.4 is 0 Å². The van der Waals surface area contributed by atoms with Gasteiger partial charge in [0.1, 0.15) is 36.8 Å². The van der Waals surface area contributed by atoms with Crippen LogP contribution in [-0.4, -0.2) is 96.0 Å². The molecule has 1 aliphatic heterocycles. The number of ether oxygens (including phenoxy) is 4. The third kappa shape index (κ3) is 28.1. The topological polar surface area (TPSA) is 186 Å². The van der Waals surface area contributed by atoms with Crippen molar-refractivity contribution in [1.29, 1.82) is 0 Å². The molecule has 0 aromatic carbocycles. The molecule has 6 atom stereocenters. The van der Waals surface area contributed by atoms with Crippen molar-refractivity contribution in [1.82, 2.24) is 0 Å². The number of unbranched alkanes of at least 4 members (excludes halogenated alkanes) is 14. The molecule has 0 spiro atoms. The number of carbonyl (C=O) groups excluding carboxylic acids is 2. The summed E-state index contributed by atoms with van der Waals surface area (Å²) in [5.41, 5.74) is 0. The Kier molecular flexibility index (Phi) is 30.9. The molecular weight excluding hydrogens is 741 g/mol. The number of esters is 2. The van der Waals surface area contributed by atoms with Gasteiger partial charge < -0.3 is 34.3 Å². The van der Waals surface area contributed by atoms with Crippen LogP contribution in [0.15, 0.2) is 48.6 Å². The Morgan fingerprint density at radius 1 is 0.607 bits per heavy atom. The van der Waals surface area contributed by atoms with E-state index in [0.717, 1.165) is 57.8 Å². The van der Waals surface area contributed by atoms with Crippen molar-refractivity contribution in [2.45, 2.75) is 192 Å². The number of aliphatic hydroxyl groups excluding tert-OH is 3. The Hall–Kier alpha value is -2.39. The van der Waals surface area contributed by atoms with Crippen molar-refractivity contribution in [3.8, 4) is 0 Å². The lowest BCUT2D eigenvalue weighted by Crippen LogP contribution is -2.60. The fraction of sp³-hybridized carbons (Fsp3) is 0.767. The maximum atomic E-state index is 12.8. The molecule has 13 heteroatoms. The molecule has 0 bridgehead atoms. The van der Waals surface area contributed by atoms with Crippen LogP contribution in [0.3, 0.4) is 0 Å². The molecule has 12 nitrogen and oxygen atoms in total. The monoisotopic (exact) mass is 814 g/mol. The molecule has 1 saturated heterocycles. The van der Waals surface area contributed by atoms with E-state index < -0.39 is 71.2 Å². The van der Waals surface area contributed by atoms with Gasteiger partial charge in [-0.1, -0.05) is 114 Å². The maximum Gasteiger partial charge on any atom is 0.306 e. The summed E-state index contributed by atoms with van der Waals surface area (Å²) in [5, 5.41) is 30.8. The van der Waals surface area contributed by atoms with E-state index in [9.17, 15) is 37.9 Å². The molecule has 0 amide bonds. The predicted octanol–water partition coefficient (Wildman–Crippen LogP) is 8.00. The SMILES string of the molecule is CCCCC/C=C/C/C=C/C/C=C/CCCCC(=O)OC[C@H](CO[C@H]1O[C@H](CS(=O)(=O)O)[C@@H](O)C(O)C1O)OC(=O)CCCCC/C=C/CCCCCCCC. The van der Waals surface area contributed by atoms with E-state index in [1.807, 2.05) is 0 Å². The number of allylic oxidation sites excluding steroid dienone is 8. The molecule has 1 fully saturated rings. The first-order valence-corrected chi connectivity index (χ1v) is 22.8. The van der Waals surface area contributed by atoms with E-state index in [2.05, 4.69) is 62.5 Å². The van der Waals surface area contributed by atoms with Gasteiger partial charge in [0.15, 0.2) is 12.4 Å². The largest absolute Gasteiger partial charge is 0.462 e. The quantitative estimate of drug-likeness (QED) is 0.0213. The van der Waals surface area contributed by atoms with E-state index in [-0.39, 0.29) is 19.4 Å². The first kappa shape index (κ1) is 51.6. The highest BCUT2D eigenvalue weighted by Gasteiger charge is 2.46. The lowest BCUT2D eigenvalue weighted by atomic mass is 10.00. The Morgan fingerprint density at radius 2 is 1.07 bits per heavy atom. The predicted molar refractivity (Wildman–Crippen MR) is 219 cm³/mol. The summed E-state index contributed by atoms with van der Waals surface area (Å²) in [6.07, 6.45) is 28.8. The second-order valence-electron chi connectivity index (χ2n) is 14.6. The molecule has 1 aliphatic rings. The summed E-state index contributed by atoms with van der Waals surface area (Å²) in [6, 6.07) is 0. The van der Waals surface area contributed by atoms with Crippen molar-refractivity contribution < 1.29 is 56.8 Å². The second-order valence-corrected chi connectivity index (χ2v) is 16.1. The van der Waals surface area contributed by atoms with Crippen molar-refractivity contribution in [2.24, 2.45) is 0 Å². The molecule has 1 rings (SSSR count). The molecule has 324 valence electrons. The summed E-state index contributed by atoms with van der Waals surface area (Å²) in [4.78, 5) is 25.3. The number of hydrogen-bond acceptors (Lipinski definition) is 11. The molecule has 0 aliphatic carbocycles. The van der Waals surface area contributed by atoms with Crippen LogP contribution in [0.2, 0.25) is 0 Å². The molecule has 0 aromatic rings. The molecular formula is C43H74O12S. The number of aliphatic hydroxyl groups is 3. The Labute approximate surface area is 337 Å². The van der Waals surface area contributed by atoms with Gasteiger partial charge in [0, 0.05) is 12.8 Å². The third-order valence-electron chi connectivity index (χ3n) is 9.38. The highest BCUT2D eigenvalue weighted by Crippen LogP contribution is 2.24. The van der Waals surface area contributed by atoms with Crippen LogP contribution in [0.1, 0.15) is 155 Å². The van der Waals surface area contributed by atoms with Gasteiger partial charge in [0.25, 0.3) is 10.1 Å². The van der Waals surface area contributed by atoms with Gasteiger partial charge in [-0.2, -0.15) is 8.42 Å². The first-order valence-electron chi connectivity index (χ1n) is 21.2. The summed E-state index contributed by atoms with van der Waals surface area (Å²) >= 11 is 0. The van der Waals surface area contributed by atoms with Crippen LogP contribution in [0.25, 0.3) is 0 Å². The van der Waals surface area contributed by atoms with Crippen LogP contribution in [0, 0.1) is 0 Å². The minimum absolute atomic E-state index is 0.134. The second kappa shape index (κ2) is 33.6. The van der Waals surface area contributed by atoms with E-state index in [1.54, 1.807) is 0 Å². The van der Waals surface area contributed by atoms with E-state index in [0.29, 0.717) is 12.8 Å². The smallest absolute Gasteiger partial charge is 0.306 e. The van der Waals surface area contributed by atoms with Gasteiger partial charge >= 0.3 is 11.9 Å². The number of rotatable bonds is 34. The number of carbonyl (C=O) groups is 2. The molecule has 2 unspecified atom stereocenters. The Morgan fingerprint density at radius 3 is 1.68 bits per heavy atom. The van der Waals surface area contributed by atoms with Crippen LogP contribution in [-0.2, 0) is 38.7 Å². The normalized spacial score (nSPS) is 21.1. The lowest BCUT2D eigenvalue weighted by Gasteiger charge is -2.40. The van der Waals surface area contributed by atoms with Gasteiger partial charge in [-0.25, -0.2) is 0 Å². The Balaban J connectivity index is 2.53. The third-order valence-corrected chi connectivity index (χ3v) is 10.1. The fourth-order valence-corrected chi connectivity index (χ4v) is 6.72.